The van der Waals surface area contributed by atoms with E-state index in [4.69, 9.17) is 9.15 Å². The van der Waals surface area contributed by atoms with Crippen LogP contribution in [-0.2, 0) is 16.0 Å². The summed E-state index contributed by atoms with van der Waals surface area (Å²) in [6, 6.07) is 3.71. The van der Waals surface area contributed by atoms with Gasteiger partial charge in [0.15, 0.2) is 0 Å². The van der Waals surface area contributed by atoms with Gasteiger partial charge in [0, 0.05) is 12.0 Å². The average Bonchev–Trinajstić information content (AvgIpc) is 2.79. The predicted molar refractivity (Wildman–Crippen MR) is 62.0 cm³/mol. The van der Waals surface area contributed by atoms with E-state index in [1.165, 1.54) is 0 Å². The molecule has 1 heterocycles. The monoisotopic (exact) mass is 222 g/mol. The number of hydrogen-bond donors (Lipinski definition) is 0. The number of furan rings is 1. The van der Waals surface area contributed by atoms with Crippen molar-refractivity contribution >= 4 is 5.97 Å². The van der Waals surface area contributed by atoms with Gasteiger partial charge in [0.2, 0.25) is 0 Å². The maximum Gasteiger partial charge on any atom is 0.333 e. The van der Waals surface area contributed by atoms with Crippen molar-refractivity contribution < 1.29 is 13.9 Å². The fourth-order valence-electron chi connectivity index (χ4n) is 1.19. The van der Waals surface area contributed by atoms with Crippen LogP contribution in [0.2, 0.25) is 0 Å². The Bertz CT molecular complexity index is 336. The van der Waals surface area contributed by atoms with Gasteiger partial charge in [-0.1, -0.05) is 19.4 Å². The van der Waals surface area contributed by atoms with Crippen molar-refractivity contribution in [3.8, 4) is 0 Å². The first-order valence-electron chi connectivity index (χ1n) is 5.60. The zero-order valence-corrected chi connectivity index (χ0v) is 9.86. The lowest BCUT2D eigenvalue weighted by Gasteiger charge is -2.03. The van der Waals surface area contributed by atoms with E-state index in [0.717, 1.165) is 18.6 Å². The Morgan fingerprint density at radius 2 is 2.38 bits per heavy atom. The first-order valence-corrected chi connectivity index (χ1v) is 5.60. The highest BCUT2D eigenvalue weighted by atomic mass is 16.5. The molecular formula is C13H18O3. The van der Waals surface area contributed by atoms with Crippen molar-refractivity contribution in [2.45, 2.75) is 33.1 Å². The van der Waals surface area contributed by atoms with Crippen LogP contribution in [-0.4, -0.2) is 12.6 Å². The molecule has 1 rings (SSSR count). The van der Waals surface area contributed by atoms with E-state index in [2.05, 4.69) is 6.92 Å². The van der Waals surface area contributed by atoms with E-state index < -0.39 is 0 Å². The van der Waals surface area contributed by atoms with Gasteiger partial charge in [-0.3, -0.25) is 0 Å². The SMILES string of the molecule is CCCCOC(=O)C(C)=CCc1ccco1. The molecule has 0 unspecified atom stereocenters. The van der Waals surface area contributed by atoms with Gasteiger partial charge in [-0.25, -0.2) is 4.79 Å². The Labute approximate surface area is 96.1 Å². The highest BCUT2D eigenvalue weighted by Gasteiger charge is 2.05. The lowest BCUT2D eigenvalue weighted by molar-refractivity contribution is -0.139. The molecule has 0 fully saturated rings. The quantitative estimate of drug-likeness (QED) is 0.422. The zero-order chi connectivity index (χ0) is 11.8. The molecule has 1 aromatic rings. The van der Waals surface area contributed by atoms with Crippen LogP contribution in [0.5, 0.6) is 0 Å². The van der Waals surface area contributed by atoms with Gasteiger partial charge in [0.05, 0.1) is 12.9 Å². The topological polar surface area (TPSA) is 39.4 Å². The lowest BCUT2D eigenvalue weighted by atomic mass is 10.2. The van der Waals surface area contributed by atoms with Crippen LogP contribution >= 0.6 is 0 Å². The summed E-state index contributed by atoms with van der Waals surface area (Å²) < 4.78 is 10.2. The molecule has 3 heteroatoms. The number of rotatable bonds is 6. The Kier molecular flexibility index (Phi) is 5.40. The van der Waals surface area contributed by atoms with Crippen molar-refractivity contribution in [1.82, 2.24) is 0 Å². The fraction of sp³-hybridized carbons (Fsp3) is 0.462. The van der Waals surface area contributed by atoms with E-state index >= 15 is 0 Å². The second kappa shape index (κ2) is 6.88. The van der Waals surface area contributed by atoms with Gasteiger partial charge in [0.25, 0.3) is 0 Å². The van der Waals surface area contributed by atoms with Crippen LogP contribution in [0.3, 0.4) is 0 Å². The molecule has 0 bridgehead atoms. The van der Waals surface area contributed by atoms with Gasteiger partial charge in [-0.2, -0.15) is 0 Å². The number of hydrogen-bond acceptors (Lipinski definition) is 3. The summed E-state index contributed by atoms with van der Waals surface area (Å²) in [5.41, 5.74) is 0.632. The maximum atomic E-state index is 11.5. The van der Waals surface area contributed by atoms with E-state index in [1.807, 2.05) is 18.2 Å². The van der Waals surface area contributed by atoms with Crippen molar-refractivity contribution in [2.75, 3.05) is 6.61 Å². The van der Waals surface area contributed by atoms with E-state index in [9.17, 15) is 4.79 Å². The number of carbonyl (C=O) groups is 1. The predicted octanol–water partition coefficient (Wildman–Crippen LogP) is 3.11. The molecule has 0 N–H and O–H groups in total. The van der Waals surface area contributed by atoms with Crippen LogP contribution in [0.15, 0.2) is 34.5 Å². The smallest absolute Gasteiger partial charge is 0.333 e. The summed E-state index contributed by atoms with van der Waals surface area (Å²) >= 11 is 0. The first-order chi connectivity index (χ1) is 7.74. The number of ether oxygens (including phenoxy) is 1. The molecule has 16 heavy (non-hydrogen) atoms. The van der Waals surface area contributed by atoms with Gasteiger partial charge in [0.1, 0.15) is 5.76 Å². The molecular weight excluding hydrogens is 204 g/mol. The molecule has 0 aliphatic carbocycles. The number of allylic oxidation sites excluding steroid dienone is 1. The van der Waals surface area contributed by atoms with Crippen LogP contribution < -0.4 is 0 Å². The molecule has 0 aliphatic rings. The van der Waals surface area contributed by atoms with Crippen molar-refractivity contribution in [3.05, 3.63) is 35.8 Å². The summed E-state index contributed by atoms with van der Waals surface area (Å²) in [4.78, 5) is 11.5. The Balaban J connectivity index is 2.35. The minimum atomic E-state index is -0.236. The maximum absolute atomic E-state index is 11.5. The average molecular weight is 222 g/mol. The van der Waals surface area contributed by atoms with Crippen molar-refractivity contribution in [1.29, 1.82) is 0 Å². The van der Waals surface area contributed by atoms with Gasteiger partial charge < -0.3 is 9.15 Å². The number of esters is 1. The molecule has 3 nitrogen and oxygen atoms in total. The van der Waals surface area contributed by atoms with Crippen LogP contribution in [0.1, 0.15) is 32.4 Å². The van der Waals surface area contributed by atoms with Crippen molar-refractivity contribution in [3.63, 3.8) is 0 Å². The molecule has 0 aromatic carbocycles. The molecule has 0 aliphatic heterocycles. The van der Waals surface area contributed by atoms with Gasteiger partial charge in [-0.15, -0.1) is 0 Å². The first kappa shape index (κ1) is 12.6. The molecule has 88 valence electrons. The second-order valence-electron chi connectivity index (χ2n) is 3.66. The van der Waals surface area contributed by atoms with Crippen LogP contribution in [0, 0.1) is 0 Å². The van der Waals surface area contributed by atoms with E-state index in [-0.39, 0.29) is 5.97 Å². The Morgan fingerprint density at radius 1 is 1.56 bits per heavy atom. The molecule has 0 spiro atoms. The second-order valence-corrected chi connectivity index (χ2v) is 3.66. The van der Waals surface area contributed by atoms with Gasteiger partial charge >= 0.3 is 5.97 Å². The van der Waals surface area contributed by atoms with Crippen LogP contribution in [0.4, 0.5) is 0 Å². The summed E-state index contributed by atoms with van der Waals surface area (Å²) in [6.45, 7) is 4.33. The third-order valence-corrected chi connectivity index (χ3v) is 2.24. The number of unbranched alkanes of at least 4 members (excludes halogenated alkanes) is 1. The fourth-order valence-corrected chi connectivity index (χ4v) is 1.19. The third-order valence-electron chi connectivity index (χ3n) is 2.24. The summed E-state index contributed by atoms with van der Waals surface area (Å²) in [5, 5.41) is 0. The number of carbonyl (C=O) groups excluding carboxylic acids is 1. The molecule has 1 aromatic heterocycles. The van der Waals surface area contributed by atoms with Crippen LogP contribution in [0.25, 0.3) is 0 Å². The highest BCUT2D eigenvalue weighted by molar-refractivity contribution is 5.87. The summed E-state index contributed by atoms with van der Waals surface area (Å²) in [6.07, 6.45) is 6.02. The van der Waals surface area contributed by atoms with E-state index in [1.54, 1.807) is 13.2 Å². The normalized spacial score (nSPS) is 11.5. The van der Waals surface area contributed by atoms with E-state index in [0.29, 0.717) is 18.6 Å². The molecule has 0 saturated heterocycles. The Hall–Kier alpha value is -1.51. The van der Waals surface area contributed by atoms with Gasteiger partial charge in [-0.05, 0) is 25.5 Å². The largest absolute Gasteiger partial charge is 0.469 e. The lowest BCUT2D eigenvalue weighted by Crippen LogP contribution is -2.07. The minimum absolute atomic E-state index is 0.236. The summed E-state index contributed by atoms with van der Waals surface area (Å²) in [5.74, 6) is 0.612. The summed E-state index contributed by atoms with van der Waals surface area (Å²) in [7, 11) is 0. The minimum Gasteiger partial charge on any atom is -0.469 e. The standard InChI is InChI=1S/C13H18O3/c1-3-4-9-16-13(14)11(2)7-8-12-6-5-10-15-12/h5-7,10H,3-4,8-9H2,1-2H3. The Morgan fingerprint density at radius 3 is 3.00 bits per heavy atom. The molecule has 0 atom stereocenters. The van der Waals surface area contributed by atoms with Crippen molar-refractivity contribution in [2.24, 2.45) is 0 Å². The third kappa shape index (κ3) is 4.34. The highest BCUT2D eigenvalue weighted by Crippen LogP contribution is 2.05. The molecule has 0 saturated carbocycles. The molecule has 0 amide bonds. The molecule has 0 radical (unpaired) electrons. The zero-order valence-electron chi connectivity index (χ0n) is 9.86.